The minimum absolute atomic E-state index is 0.530. The average Bonchev–Trinajstić information content (AvgIpc) is 2.35. The van der Waals surface area contributed by atoms with Gasteiger partial charge in [0.1, 0.15) is 0 Å². The lowest BCUT2D eigenvalue weighted by atomic mass is 9.94. The molecule has 0 amide bonds. The maximum Gasteiger partial charge on any atom is 0.0739 e. The first-order valence-electron chi connectivity index (χ1n) is 6.04. The summed E-state index contributed by atoms with van der Waals surface area (Å²) in [6.07, 6.45) is 7.27. The van der Waals surface area contributed by atoms with Crippen molar-refractivity contribution in [2.24, 2.45) is 0 Å². The van der Waals surface area contributed by atoms with E-state index in [0.29, 0.717) is 16.8 Å². The molecule has 1 aromatic rings. The third-order valence-electron chi connectivity index (χ3n) is 3.37. The molecule has 2 atom stereocenters. The predicted molar refractivity (Wildman–Crippen MR) is 79.0 cm³/mol. The summed E-state index contributed by atoms with van der Waals surface area (Å²) in [5, 5.41) is 4.94. The molecule has 4 heteroatoms. The first-order valence-corrected chi connectivity index (χ1v) is 7.70. The summed E-state index contributed by atoms with van der Waals surface area (Å²) < 4.78 is 0. The van der Waals surface area contributed by atoms with E-state index in [-0.39, 0.29) is 0 Å². The third-order valence-corrected chi connectivity index (χ3v) is 4.80. The SMILES string of the molecule is CSC1CCCC(Nc2cccc(Cl)c2N)C1. The van der Waals surface area contributed by atoms with Gasteiger partial charge in [0.2, 0.25) is 0 Å². The smallest absolute Gasteiger partial charge is 0.0739 e. The average molecular weight is 271 g/mol. The van der Waals surface area contributed by atoms with Gasteiger partial charge in [-0.2, -0.15) is 11.8 Å². The Kier molecular flexibility index (Phi) is 4.46. The van der Waals surface area contributed by atoms with Gasteiger partial charge in [0, 0.05) is 11.3 Å². The Labute approximate surface area is 112 Å². The molecule has 0 bridgehead atoms. The monoisotopic (exact) mass is 270 g/mol. The van der Waals surface area contributed by atoms with Crippen LogP contribution in [-0.2, 0) is 0 Å². The lowest BCUT2D eigenvalue weighted by Gasteiger charge is -2.29. The quantitative estimate of drug-likeness (QED) is 0.815. The summed E-state index contributed by atoms with van der Waals surface area (Å²) >= 11 is 7.99. The molecule has 94 valence electrons. The lowest BCUT2D eigenvalue weighted by Crippen LogP contribution is -2.28. The highest BCUT2D eigenvalue weighted by Crippen LogP contribution is 2.32. The van der Waals surface area contributed by atoms with E-state index in [2.05, 4.69) is 11.6 Å². The minimum Gasteiger partial charge on any atom is -0.396 e. The number of anilines is 2. The second-order valence-electron chi connectivity index (χ2n) is 4.57. The second-order valence-corrected chi connectivity index (χ2v) is 6.11. The standard InChI is InChI=1S/C13H19ClN2S/c1-17-10-5-2-4-9(8-10)16-12-7-3-6-11(14)13(12)15/h3,6-7,9-10,16H,2,4-5,8,15H2,1H3. The molecule has 3 N–H and O–H groups in total. The number of para-hydroxylation sites is 1. The summed E-state index contributed by atoms with van der Waals surface area (Å²) in [5.41, 5.74) is 7.61. The van der Waals surface area contributed by atoms with Gasteiger partial charge in [0.25, 0.3) is 0 Å². The Morgan fingerprint density at radius 2 is 2.24 bits per heavy atom. The van der Waals surface area contributed by atoms with Crippen LogP contribution in [0.15, 0.2) is 18.2 Å². The number of rotatable bonds is 3. The van der Waals surface area contributed by atoms with Gasteiger partial charge >= 0.3 is 0 Å². The van der Waals surface area contributed by atoms with Gasteiger partial charge in [-0.05, 0) is 37.7 Å². The first-order chi connectivity index (χ1) is 8.20. The fraction of sp³-hybridized carbons (Fsp3) is 0.538. The molecule has 1 aliphatic carbocycles. The van der Waals surface area contributed by atoms with Crippen molar-refractivity contribution in [2.45, 2.75) is 37.0 Å². The van der Waals surface area contributed by atoms with Crippen LogP contribution in [0.4, 0.5) is 11.4 Å². The highest BCUT2D eigenvalue weighted by molar-refractivity contribution is 7.99. The number of nitrogens with one attached hydrogen (secondary N) is 1. The topological polar surface area (TPSA) is 38.0 Å². The van der Waals surface area contributed by atoms with E-state index < -0.39 is 0 Å². The molecule has 1 aromatic carbocycles. The molecule has 0 spiro atoms. The molecule has 1 fully saturated rings. The van der Waals surface area contributed by atoms with E-state index in [1.54, 1.807) is 0 Å². The zero-order chi connectivity index (χ0) is 12.3. The highest BCUT2D eigenvalue weighted by atomic mass is 35.5. The zero-order valence-corrected chi connectivity index (χ0v) is 11.7. The Morgan fingerprint density at radius 1 is 1.41 bits per heavy atom. The Morgan fingerprint density at radius 3 is 3.00 bits per heavy atom. The van der Waals surface area contributed by atoms with Crippen LogP contribution in [0, 0.1) is 0 Å². The van der Waals surface area contributed by atoms with Crippen LogP contribution < -0.4 is 11.1 Å². The van der Waals surface area contributed by atoms with Crippen molar-refractivity contribution in [3.63, 3.8) is 0 Å². The van der Waals surface area contributed by atoms with E-state index in [0.717, 1.165) is 10.9 Å². The van der Waals surface area contributed by atoms with Crippen molar-refractivity contribution < 1.29 is 0 Å². The zero-order valence-electron chi connectivity index (χ0n) is 10.1. The Balaban J connectivity index is 2.02. The highest BCUT2D eigenvalue weighted by Gasteiger charge is 2.21. The van der Waals surface area contributed by atoms with Gasteiger partial charge in [0.05, 0.1) is 16.4 Å². The minimum atomic E-state index is 0.530. The molecule has 0 aliphatic heterocycles. The van der Waals surface area contributed by atoms with Gasteiger partial charge in [-0.3, -0.25) is 0 Å². The molecule has 1 saturated carbocycles. The van der Waals surface area contributed by atoms with Crippen molar-refractivity contribution in [1.29, 1.82) is 0 Å². The number of thioether (sulfide) groups is 1. The maximum absolute atomic E-state index is 6.02. The summed E-state index contributed by atoms with van der Waals surface area (Å²) in [6.45, 7) is 0. The third kappa shape index (κ3) is 3.23. The molecule has 2 unspecified atom stereocenters. The van der Waals surface area contributed by atoms with Crippen LogP contribution in [0.1, 0.15) is 25.7 Å². The number of hydrogen-bond donors (Lipinski definition) is 2. The maximum atomic E-state index is 6.02. The van der Waals surface area contributed by atoms with E-state index in [1.807, 2.05) is 30.0 Å². The molecule has 1 aliphatic rings. The van der Waals surface area contributed by atoms with Gasteiger partial charge in [0.15, 0.2) is 0 Å². The predicted octanol–water partition coefficient (Wildman–Crippen LogP) is 4.01. The van der Waals surface area contributed by atoms with Gasteiger partial charge in [-0.15, -0.1) is 0 Å². The molecule has 17 heavy (non-hydrogen) atoms. The first kappa shape index (κ1) is 12.9. The van der Waals surface area contributed by atoms with Gasteiger partial charge in [-0.1, -0.05) is 24.1 Å². The molecule has 0 aromatic heterocycles. The molecule has 0 heterocycles. The molecule has 2 nitrogen and oxygen atoms in total. The van der Waals surface area contributed by atoms with Crippen molar-refractivity contribution >= 4 is 34.7 Å². The summed E-state index contributed by atoms with van der Waals surface area (Å²) in [4.78, 5) is 0. The molecular weight excluding hydrogens is 252 g/mol. The van der Waals surface area contributed by atoms with Gasteiger partial charge < -0.3 is 11.1 Å². The van der Waals surface area contributed by atoms with Crippen LogP contribution in [0.5, 0.6) is 0 Å². The van der Waals surface area contributed by atoms with Crippen LogP contribution in [0.25, 0.3) is 0 Å². The summed E-state index contributed by atoms with van der Waals surface area (Å²) in [5.74, 6) is 0. The fourth-order valence-electron chi connectivity index (χ4n) is 2.37. The normalized spacial score (nSPS) is 24.6. The molecular formula is C13H19ClN2S. The van der Waals surface area contributed by atoms with Crippen molar-refractivity contribution in [1.82, 2.24) is 0 Å². The second kappa shape index (κ2) is 5.87. The Hall–Kier alpha value is -0.540. The van der Waals surface area contributed by atoms with E-state index in [4.69, 9.17) is 17.3 Å². The van der Waals surface area contributed by atoms with Crippen LogP contribution >= 0.6 is 23.4 Å². The van der Waals surface area contributed by atoms with E-state index >= 15 is 0 Å². The molecule has 0 radical (unpaired) electrons. The van der Waals surface area contributed by atoms with Crippen LogP contribution in [0.2, 0.25) is 5.02 Å². The van der Waals surface area contributed by atoms with Crippen LogP contribution in [0.3, 0.4) is 0 Å². The summed E-state index contributed by atoms with van der Waals surface area (Å²) in [6, 6.07) is 6.30. The number of hydrogen-bond acceptors (Lipinski definition) is 3. The summed E-state index contributed by atoms with van der Waals surface area (Å²) in [7, 11) is 0. The van der Waals surface area contributed by atoms with Crippen LogP contribution in [-0.4, -0.2) is 17.5 Å². The lowest BCUT2D eigenvalue weighted by molar-refractivity contribution is 0.474. The van der Waals surface area contributed by atoms with E-state index in [9.17, 15) is 0 Å². The van der Waals surface area contributed by atoms with E-state index in [1.165, 1.54) is 25.7 Å². The molecule has 0 saturated heterocycles. The largest absolute Gasteiger partial charge is 0.396 e. The van der Waals surface area contributed by atoms with Crippen molar-refractivity contribution in [2.75, 3.05) is 17.3 Å². The van der Waals surface area contributed by atoms with Gasteiger partial charge in [-0.25, -0.2) is 0 Å². The number of nitrogens with two attached hydrogens (primary N) is 1. The molecule has 2 rings (SSSR count). The number of benzene rings is 1. The fourth-order valence-corrected chi connectivity index (χ4v) is 3.37. The number of halogens is 1. The number of nitrogen functional groups attached to an aromatic ring is 1. The van der Waals surface area contributed by atoms with Crippen molar-refractivity contribution in [3.05, 3.63) is 23.2 Å². The van der Waals surface area contributed by atoms with Crippen molar-refractivity contribution in [3.8, 4) is 0 Å². The Bertz CT molecular complexity index is 384.